The van der Waals surface area contributed by atoms with E-state index in [-0.39, 0.29) is 33.3 Å². The van der Waals surface area contributed by atoms with Crippen molar-refractivity contribution in [1.29, 1.82) is 0 Å². The number of benzene rings is 1. The molecule has 0 atom stereocenters. The maximum Gasteiger partial charge on any atom is 0.417 e. The van der Waals surface area contributed by atoms with Crippen molar-refractivity contribution < 1.29 is 27.4 Å². The van der Waals surface area contributed by atoms with E-state index >= 15 is 0 Å². The lowest BCUT2D eigenvalue weighted by Gasteiger charge is -2.10. The fraction of sp³-hybridized carbons (Fsp3) is 0.100. The molecule has 3 aromatic heterocycles. The number of nitrogens with zero attached hydrogens (tertiary/aromatic N) is 1. The SMILES string of the molecule is Nc1c(C(=O)Nc2ccc3c(c2)OCO3)sc2nc(-c3cccs3)cc(C(F)(F)F)c12. The molecule has 0 saturated heterocycles. The normalized spacial score (nSPS) is 13.0. The van der Waals surface area contributed by atoms with Gasteiger partial charge in [0.2, 0.25) is 6.79 Å². The van der Waals surface area contributed by atoms with Gasteiger partial charge in [-0.1, -0.05) is 6.07 Å². The molecular weight excluding hydrogens is 451 g/mol. The monoisotopic (exact) mass is 463 g/mol. The van der Waals surface area contributed by atoms with Crippen molar-refractivity contribution in [3.8, 4) is 22.1 Å². The molecule has 5 rings (SSSR count). The Morgan fingerprint density at radius 1 is 1.16 bits per heavy atom. The first-order valence-electron chi connectivity index (χ1n) is 8.86. The topological polar surface area (TPSA) is 86.5 Å². The molecule has 0 fully saturated rings. The van der Waals surface area contributed by atoms with Gasteiger partial charge in [-0.15, -0.1) is 22.7 Å². The Morgan fingerprint density at radius 2 is 1.97 bits per heavy atom. The maximum atomic E-state index is 13.8. The molecule has 3 N–H and O–H groups in total. The minimum Gasteiger partial charge on any atom is -0.454 e. The molecule has 4 heterocycles. The third kappa shape index (κ3) is 3.45. The molecule has 0 radical (unpaired) electrons. The number of ether oxygens (including phenoxy) is 2. The molecule has 0 aliphatic carbocycles. The quantitative estimate of drug-likeness (QED) is 0.413. The van der Waals surface area contributed by atoms with E-state index in [0.29, 0.717) is 22.1 Å². The van der Waals surface area contributed by atoms with E-state index in [0.717, 1.165) is 17.4 Å². The van der Waals surface area contributed by atoms with E-state index in [4.69, 9.17) is 15.2 Å². The second-order valence-corrected chi connectivity index (χ2v) is 8.52. The molecule has 11 heteroatoms. The molecule has 158 valence electrons. The second-order valence-electron chi connectivity index (χ2n) is 6.58. The van der Waals surface area contributed by atoms with E-state index < -0.39 is 17.6 Å². The number of nitrogen functional groups attached to an aromatic ring is 1. The lowest BCUT2D eigenvalue weighted by molar-refractivity contribution is -0.136. The summed E-state index contributed by atoms with van der Waals surface area (Å²) in [4.78, 5) is 17.8. The van der Waals surface area contributed by atoms with E-state index in [9.17, 15) is 18.0 Å². The van der Waals surface area contributed by atoms with Crippen LogP contribution in [-0.4, -0.2) is 17.7 Å². The summed E-state index contributed by atoms with van der Waals surface area (Å²) < 4.78 is 51.9. The third-order valence-electron chi connectivity index (χ3n) is 4.61. The van der Waals surface area contributed by atoms with Crippen LogP contribution in [0.4, 0.5) is 24.5 Å². The summed E-state index contributed by atoms with van der Waals surface area (Å²) in [7, 11) is 0. The van der Waals surface area contributed by atoms with Crippen molar-refractivity contribution in [2.45, 2.75) is 6.18 Å². The molecule has 0 bridgehead atoms. The highest BCUT2D eigenvalue weighted by molar-refractivity contribution is 7.21. The number of halogens is 3. The third-order valence-corrected chi connectivity index (χ3v) is 6.61. The highest BCUT2D eigenvalue weighted by atomic mass is 32.1. The van der Waals surface area contributed by atoms with Crippen molar-refractivity contribution in [1.82, 2.24) is 4.98 Å². The van der Waals surface area contributed by atoms with Gasteiger partial charge >= 0.3 is 6.18 Å². The van der Waals surface area contributed by atoms with Gasteiger partial charge in [-0.25, -0.2) is 4.98 Å². The van der Waals surface area contributed by atoms with E-state index in [2.05, 4.69) is 10.3 Å². The van der Waals surface area contributed by atoms with Crippen LogP contribution in [0.5, 0.6) is 11.5 Å². The molecule has 6 nitrogen and oxygen atoms in total. The van der Waals surface area contributed by atoms with Gasteiger partial charge in [0, 0.05) is 17.1 Å². The lowest BCUT2D eigenvalue weighted by atomic mass is 10.1. The van der Waals surface area contributed by atoms with E-state index in [1.165, 1.54) is 11.3 Å². The number of pyridine rings is 1. The van der Waals surface area contributed by atoms with Crippen molar-refractivity contribution in [2.24, 2.45) is 0 Å². The van der Waals surface area contributed by atoms with Crippen LogP contribution in [0.15, 0.2) is 41.8 Å². The van der Waals surface area contributed by atoms with Crippen LogP contribution in [0.3, 0.4) is 0 Å². The minimum atomic E-state index is -4.66. The lowest BCUT2D eigenvalue weighted by Crippen LogP contribution is -2.12. The molecule has 1 aromatic carbocycles. The van der Waals surface area contributed by atoms with Crippen molar-refractivity contribution in [3.63, 3.8) is 0 Å². The number of amides is 1. The molecule has 1 aliphatic rings. The number of carbonyl (C=O) groups is 1. The van der Waals surface area contributed by atoms with Gasteiger partial charge in [0.15, 0.2) is 11.5 Å². The van der Waals surface area contributed by atoms with Gasteiger partial charge in [-0.05, 0) is 29.6 Å². The molecule has 1 amide bonds. The number of fused-ring (bicyclic) bond motifs is 2. The number of nitrogens with two attached hydrogens (primary N) is 1. The van der Waals surface area contributed by atoms with Gasteiger partial charge in [0.05, 0.1) is 21.8 Å². The number of alkyl halides is 3. The maximum absolute atomic E-state index is 13.8. The zero-order valence-electron chi connectivity index (χ0n) is 15.4. The van der Waals surface area contributed by atoms with Gasteiger partial charge in [0.1, 0.15) is 9.71 Å². The van der Waals surface area contributed by atoms with Crippen molar-refractivity contribution in [2.75, 3.05) is 17.8 Å². The summed E-state index contributed by atoms with van der Waals surface area (Å²) >= 11 is 2.09. The predicted octanol–water partition coefficient (Wildman–Crippen LogP) is 5.61. The second kappa shape index (κ2) is 7.13. The number of anilines is 2. The smallest absolute Gasteiger partial charge is 0.417 e. The van der Waals surface area contributed by atoms with Gasteiger partial charge in [-0.2, -0.15) is 13.2 Å². The summed E-state index contributed by atoms with van der Waals surface area (Å²) in [5, 5.41) is 4.12. The van der Waals surface area contributed by atoms with E-state index in [1.54, 1.807) is 35.7 Å². The molecule has 0 saturated carbocycles. The number of thiophene rings is 2. The number of hydrogen-bond acceptors (Lipinski definition) is 7. The molecule has 0 spiro atoms. The fourth-order valence-electron chi connectivity index (χ4n) is 3.23. The average molecular weight is 463 g/mol. The Balaban J connectivity index is 1.58. The Morgan fingerprint density at radius 3 is 2.71 bits per heavy atom. The molecule has 31 heavy (non-hydrogen) atoms. The largest absolute Gasteiger partial charge is 0.454 e. The summed E-state index contributed by atoms with van der Waals surface area (Å²) in [6.45, 7) is 0.0778. The summed E-state index contributed by atoms with van der Waals surface area (Å²) in [5.41, 5.74) is 5.42. The van der Waals surface area contributed by atoms with Crippen molar-refractivity contribution in [3.05, 3.63) is 52.2 Å². The predicted molar refractivity (Wildman–Crippen MR) is 113 cm³/mol. The molecular formula is C20H12F3N3O3S2. The molecule has 0 unspecified atom stereocenters. The standard InChI is InChI=1S/C20H12F3N3O3S2/c21-20(22,23)10-7-11(14-2-1-5-30-14)26-19-15(10)16(24)17(31-19)18(27)25-9-3-4-12-13(6-9)29-8-28-12/h1-7H,8,24H2,(H,25,27). The Bertz CT molecular complexity index is 1320. The van der Waals surface area contributed by atoms with Crippen LogP contribution >= 0.6 is 22.7 Å². The van der Waals surface area contributed by atoms with Gasteiger partial charge in [-0.3, -0.25) is 4.79 Å². The highest BCUT2D eigenvalue weighted by Crippen LogP contribution is 2.44. The summed E-state index contributed by atoms with van der Waals surface area (Å²) in [6, 6.07) is 9.18. The zero-order valence-corrected chi connectivity index (χ0v) is 17.1. The summed E-state index contributed by atoms with van der Waals surface area (Å²) in [6.07, 6.45) is -4.66. The minimum absolute atomic E-state index is 0.0472. The number of nitrogens with one attached hydrogen (secondary N) is 1. The number of hydrogen-bond donors (Lipinski definition) is 2. The first-order chi connectivity index (χ1) is 14.8. The van der Waals surface area contributed by atoms with Crippen LogP contribution in [0.2, 0.25) is 0 Å². The van der Waals surface area contributed by atoms with Crippen LogP contribution in [0.25, 0.3) is 20.8 Å². The van der Waals surface area contributed by atoms with Crippen LogP contribution < -0.4 is 20.5 Å². The number of rotatable bonds is 3. The average Bonchev–Trinajstić information content (AvgIpc) is 3.46. The van der Waals surface area contributed by atoms with Crippen LogP contribution in [-0.2, 0) is 6.18 Å². The molecule has 1 aliphatic heterocycles. The number of carbonyl (C=O) groups excluding carboxylic acids is 1. The first-order valence-corrected chi connectivity index (χ1v) is 10.6. The number of aromatic nitrogens is 1. The van der Waals surface area contributed by atoms with Crippen molar-refractivity contribution >= 4 is 50.2 Å². The Kier molecular flexibility index (Phi) is 4.52. The van der Waals surface area contributed by atoms with E-state index in [1.807, 2.05) is 0 Å². The highest BCUT2D eigenvalue weighted by Gasteiger charge is 2.36. The molecule has 4 aromatic rings. The summed E-state index contributed by atoms with van der Waals surface area (Å²) in [5.74, 6) is 0.369. The fourth-order valence-corrected chi connectivity index (χ4v) is 4.93. The van der Waals surface area contributed by atoms with Gasteiger partial charge < -0.3 is 20.5 Å². The first kappa shape index (κ1) is 19.6. The zero-order chi connectivity index (χ0) is 21.8. The van der Waals surface area contributed by atoms with Gasteiger partial charge in [0.25, 0.3) is 5.91 Å². The Labute approximate surface area is 181 Å². The van der Waals surface area contributed by atoms with Crippen LogP contribution in [0.1, 0.15) is 15.2 Å². The van der Waals surface area contributed by atoms with Crippen LogP contribution in [0, 0.1) is 0 Å². The Hall–Kier alpha value is -3.31.